The van der Waals surface area contributed by atoms with E-state index in [-0.39, 0.29) is 5.25 Å². The Kier molecular flexibility index (Phi) is 5.51. The molecule has 2 aliphatic rings. The van der Waals surface area contributed by atoms with E-state index < -0.39 is 10.0 Å². The molecule has 0 radical (unpaired) electrons. The van der Waals surface area contributed by atoms with Gasteiger partial charge in [0.05, 0.1) is 5.25 Å². The largest absolute Gasteiger partial charge is 0.215 e. The maximum absolute atomic E-state index is 12.2. The van der Waals surface area contributed by atoms with Gasteiger partial charge in [-0.1, -0.05) is 35.2 Å². The Morgan fingerprint density at radius 3 is 2.17 bits per heavy atom. The number of hydrogen-bond donors (Lipinski definition) is 1. The van der Waals surface area contributed by atoms with Crippen LogP contribution in [0.15, 0.2) is 0 Å². The quantitative estimate of drug-likeness (QED) is 0.800. The molecule has 3 nitrogen and oxygen atoms in total. The van der Waals surface area contributed by atoms with Crippen molar-refractivity contribution in [2.75, 3.05) is 6.54 Å². The van der Waals surface area contributed by atoms with E-state index >= 15 is 0 Å². The highest BCUT2D eigenvalue weighted by molar-refractivity contribution is 9.09. The Hall–Kier alpha value is 0.390. The zero-order chi connectivity index (χ0) is 13.0. The lowest BCUT2D eigenvalue weighted by Crippen LogP contribution is -2.38. The standard InChI is InChI=1S/C13H24BrNO2S/c14-12-8-6-11(7-9-12)10-15-18(16,17)13-4-2-1-3-5-13/h11-13,15H,1-10H2. The van der Waals surface area contributed by atoms with Crippen LogP contribution in [0.25, 0.3) is 0 Å². The molecule has 0 aromatic heterocycles. The summed E-state index contributed by atoms with van der Waals surface area (Å²) in [5.74, 6) is 0.539. The van der Waals surface area contributed by atoms with Crippen LogP contribution in [0.5, 0.6) is 0 Å². The predicted octanol–water partition coefficient (Wildman–Crippen LogP) is 3.19. The first-order chi connectivity index (χ1) is 8.58. The van der Waals surface area contributed by atoms with Gasteiger partial charge in [0.2, 0.25) is 10.0 Å². The lowest BCUT2D eigenvalue weighted by atomic mass is 9.89. The molecule has 0 spiro atoms. The van der Waals surface area contributed by atoms with E-state index in [0.717, 1.165) is 38.5 Å². The number of sulfonamides is 1. The second-order valence-corrected chi connectivity index (χ2v) is 9.11. The molecule has 0 unspecified atom stereocenters. The topological polar surface area (TPSA) is 46.2 Å². The molecular weight excluding hydrogens is 314 g/mol. The number of nitrogens with one attached hydrogen (secondary N) is 1. The van der Waals surface area contributed by atoms with Gasteiger partial charge in [0.25, 0.3) is 0 Å². The van der Waals surface area contributed by atoms with Crippen molar-refractivity contribution in [3.8, 4) is 0 Å². The molecule has 2 fully saturated rings. The van der Waals surface area contributed by atoms with E-state index in [1.807, 2.05) is 0 Å². The first-order valence-corrected chi connectivity index (χ1v) is 9.66. The van der Waals surface area contributed by atoms with Crippen LogP contribution in [-0.4, -0.2) is 25.0 Å². The van der Waals surface area contributed by atoms with Crippen molar-refractivity contribution < 1.29 is 8.42 Å². The van der Waals surface area contributed by atoms with E-state index in [2.05, 4.69) is 20.7 Å². The summed E-state index contributed by atoms with van der Waals surface area (Å²) in [6, 6.07) is 0. The maximum Gasteiger partial charge on any atom is 0.214 e. The molecule has 18 heavy (non-hydrogen) atoms. The highest BCUT2D eigenvalue weighted by Crippen LogP contribution is 2.29. The van der Waals surface area contributed by atoms with Crippen molar-refractivity contribution in [2.24, 2.45) is 5.92 Å². The summed E-state index contributed by atoms with van der Waals surface area (Å²) in [6.45, 7) is 0.651. The molecule has 2 saturated carbocycles. The van der Waals surface area contributed by atoms with Gasteiger partial charge in [-0.3, -0.25) is 0 Å². The van der Waals surface area contributed by atoms with Gasteiger partial charge in [0, 0.05) is 11.4 Å². The predicted molar refractivity (Wildman–Crippen MR) is 78.5 cm³/mol. The van der Waals surface area contributed by atoms with Crippen LogP contribution >= 0.6 is 15.9 Å². The molecular formula is C13H24BrNO2S. The van der Waals surface area contributed by atoms with Crippen LogP contribution in [0.4, 0.5) is 0 Å². The Balaban J connectivity index is 1.77. The zero-order valence-corrected chi connectivity index (χ0v) is 13.3. The molecule has 0 aromatic carbocycles. The van der Waals surface area contributed by atoms with Crippen LogP contribution < -0.4 is 4.72 Å². The SMILES string of the molecule is O=S(=O)(NCC1CCC(Br)CC1)C1CCCCC1. The number of hydrogen-bond acceptors (Lipinski definition) is 2. The van der Waals surface area contributed by atoms with E-state index in [9.17, 15) is 8.42 Å². The minimum atomic E-state index is -3.06. The van der Waals surface area contributed by atoms with E-state index in [0.29, 0.717) is 17.3 Å². The molecule has 0 aliphatic heterocycles. The Morgan fingerprint density at radius 1 is 0.944 bits per heavy atom. The molecule has 0 bridgehead atoms. The molecule has 106 valence electrons. The van der Waals surface area contributed by atoms with Crippen molar-refractivity contribution in [1.29, 1.82) is 0 Å². The lowest BCUT2D eigenvalue weighted by molar-refractivity contribution is 0.364. The van der Waals surface area contributed by atoms with Gasteiger partial charge >= 0.3 is 0 Å². The molecule has 1 N–H and O–H groups in total. The summed E-state index contributed by atoms with van der Waals surface area (Å²) in [7, 11) is -3.06. The Bertz CT molecular complexity index is 344. The monoisotopic (exact) mass is 337 g/mol. The zero-order valence-electron chi connectivity index (χ0n) is 10.9. The highest BCUT2D eigenvalue weighted by Gasteiger charge is 2.28. The van der Waals surface area contributed by atoms with Crippen molar-refractivity contribution in [1.82, 2.24) is 4.72 Å². The third-order valence-electron chi connectivity index (χ3n) is 4.34. The van der Waals surface area contributed by atoms with Crippen LogP contribution in [-0.2, 0) is 10.0 Å². The molecule has 0 heterocycles. The Morgan fingerprint density at radius 2 is 1.56 bits per heavy atom. The normalized spacial score (nSPS) is 31.4. The summed E-state index contributed by atoms with van der Waals surface area (Å²) in [5, 5.41) is -0.126. The summed E-state index contributed by atoms with van der Waals surface area (Å²) < 4.78 is 27.2. The van der Waals surface area contributed by atoms with Gasteiger partial charge in [0.15, 0.2) is 0 Å². The van der Waals surface area contributed by atoms with E-state index in [1.165, 1.54) is 19.3 Å². The van der Waals surface area contributed by atoms with Crippen LogP contribution in [0, 0.1) is 5.92 Å². The third kappa shape index (κ3) is 4.20. The van der Waals surface area contributed by atoms with Gasteiger partial charge in [-0.25, -0.2) is 13.1 Å². The average molecular weight is 338 g/mol. The number of rotatable bonds is 4. The fraction of sp³-hybridized carbons (Fsp3) is 1.00. The molecule has 2 aliphatic carbocycles. The fourth-order valence-electron chi connectivity index (χ4n) is 3.05. The number of halogens is 1. The summed E-state index contributed by atoms with van der Waals surface area (Å²) in [5.41, 5.74) is 0. The van der Waals surface area contributed by atoms with Gasteiger partial charge in [-0.05, 0) is 44.4 Å². The summed E-state index contributed by atoms with van der Waals surface area (Å²) >= 11 is 3.63. The molecule has 5 heteroatoms. The van der Waals surface area contributed by atoms with Crippen molar-refractivity contribution in [3.63, 3.8) is 0 Å². The molecule has 2 rings (SSSR count). The van der Waals surface area contributed by atoms with Crippen molar-refractivity contribution >= 4 is 26.0 Å². The maximum atomic E-state index is 12.2. The van der Waals surface area contributed by atoms with Gasteiger partial charge in [-0.2, -0.15) is 0 Å². The highest BCUT2D eigenvalue weighted by atomic mass is 79.9. The van der Waals surface area contributed by atoms with Crippen molar-refractivity contribution in [2.45, 2.75) is 67.9 Å². The summed E-state index contributed by atoms with van der Waals surface area (Å²) in [6.07, 6.45) is 9.67. The second-order valence-electron chi connectivity index (χ2n) is 5.77. The van der Waals surface area contributed by atoms with Gasteiger partial charge in [-0.15, -0.1) is 0 Å². The first kappa shape index (κ1) is 14.8. The summed E-state index contributed by atoms with van der Waals surface area (Å²) in [4.78, 5) is 0.642. The second kappa shape index (κ2) is 6.71. The van der Waals surface area contributed by atoms with Gasteiger partial charge in [0.1, 0.15) is 0 Å². The van der Waals surface area contributed by atoms with Gasteiger partial charge < -0.3 is 0 Å². The fourth-order valence-corrected chi connectivity index (χ4v) is 5.24. The smallest absolute Gasteiger partial charge is 0.214 e. The van der Waals surface area contributed by atoms with E-state index in [4.69, 9.17) is 0 Å². The molecule has 0 amide bonds. The van der Waals surface area contributed by atoms with Crippen molar-refractivity contribution in [3.05, 3.63) is 0 Å². The van der Waals surface area contributed by atoms with E-state index in [1.54, 1.807) is 0 Å². The lowest BCUT2D eigenvalue weighted by Gasteiger charge is -2.27. The average Bonchev–Trinajstić information content (AvgIpc) is 2.39. The van der Waals surface area contributed by atoms with Crippen LogP contribution in [0.3, 0.4) is 0 Å². The minimum absolute atomic E-state index is 0.126. The minimum Gasteiger partial charge on any atom is -0.215 e. The first-order valence-electron chi connectivity index (χ1n) is 7.20. The molecule has 0 atom stereocenters. The Labute approximate surface area is 119 Å². The number of alkyl halides is 1. The van der Waals surface area contributed by atoms with Crippen LogP contribution in [0.1, 0.15) is 57.8 Å². The molecule has 0 aromatic rings. The third-order valence-corrected chi connectivity index (χ3v) is 7.17. The molecule has 0 saturated heterocycles. The van der Waals surface area contributed by atoms with Crippen LogP contribution in [0.2, 0.25) is 0 Å².